The lowest BCUT2D eigenvalue weighted by Crippen LogP contribution is -2.35. The summed E-state index contributed by atoms with van der Waals surface area (Å²) < 4.78 is 0. The van der Waals surface area contributed by atoms with Gasteiger partial charge in [-0.15, -0.1) is 4.99 Å². The SMILES string of the molecule is CSC(=NC#N)N(C)C1CCCCCC1. The van der Waals surface area contributed by atoms with Crippen LogP contribution in [0.25, 0.3) is 0 Å². The molecule has 0 aromatic carbocycles. The second-order valence-electron chi connectivity index (χ2n) is 3.95. The molecular weight excluding hydrogens is 206 g/mol. The second kappa shape index (κ2) is 6.73. The highest BCUT2D eigenvalue weighted by molar-refractivity contribution is 8.13. The molecule has 0 spiro atoms. The summed E-state index contributed by atoms with van der Waals surface area (Å²) >= 11 is 1.56. The molecule has 0 atom stereocenters. The van der Waals surface area contributed by atoms with Crippen molar-refractivity contribution in [1.82, 2.24) is 4.90 Å². The summed E-state index contributed by atoms with van der Waals surface area (Å²) in [7, 11) is 2.06. The van der Waals surface area contributed by atoms with Gasteiger partial charge in [-0.25, -0.2) is 0 Å². The van der Waals surface area contributed by atoms with Crippen LogP contribution >= 0.6 is 11.8 Å². The quantitative estimate of drug-likeness (QED) is 0.298. The fourth-order valence-electron chi connectivity index (χ4n) is 2.11. The van der Waals surface area contributed by atoms with E-state index in [4.69, 9.17) is 5.26 Å². The molecular formula is C11H19N3S. The van der Waals surface area contributed by atoms with Gasteiger partial charge in [-0.1, -0.05) is 37.4 Å². The third kappa shape index (κ3) is 3.75. The number of aliphatic imine (C=N–C) groups is 1. The maximum absolute atomic E-state index is 8.59. The zero-order valence-electron chi connectivity index (χ0n) is 9.57. The largest absolute Gasteiger partial charge is 0.351 e. The van der Waals surface area contributed by atoms with Crippen LogP contribution in [0.1, 0.15) is 38.5 Å². The predicted octanol–water partition coefficient (Wildman–Crippen LogP) is 2.84. The van der Waals surface area contributed by atoms with Crippen LogP contribution < -0.4 is 0 Å². The first-order chi connectivity index (χ1) is 7.29. The molecule has 84 valence electrons. The minimum atomic E-state index is 0.576. The Hall–Kier alpha value is -0.690. The molecule has 1 fully saturated rings. The fourth-order valence-corrected chi connectivity index (χ4v) is 2.68. The molecule has 1 aliphatic carbocycles. The molecule has 15 heavy (non-hydrogen) atoms. The lowest BCUT2D eigenvalue weighted by molar-refractivity contribution is 0.336. The third-order valence-electron chi connectivity index (χ3n) is 3.00. The average Bonchev–Trinajstić information content (AvgIpc) is 2.53. The number of hydrogen-bond donors (Lipinski definition) is 0. The Morgan fingerprint density at radius 3 is 2.40 bits per heavy atom. The highest BCUT2D eigenvalue weighted by Crippen LogP contribution is 2.22. The van der Waals surface area contributed by atoms with Crippen molar-refractivity contribution in [3.63, 3.8) is 0 Å². The average molecular weight is 225 g/mol. The summed E-state index contributed by atoms with van der Waals surface area (Å²) in [4.78, 5) is 6.04. The molecule has 0 aromatic rings. The first kappa shape index (κ1) is 12.4. The van der Waals surface area contributed by atoms with Crippen LogP contribution in [-0.4, -0.2) is 29.4 Å². The van der Waals surface area contributed by atoms with E-state index >= 15 is 0 Å². The molecule has 0 saturated heterocycles. The molecule has 0 bridgehead atoms. The van der Waals surface area contributed by atoms with E-state index < -0.39 is 0 Å². The van der Waals surface area contributed by atoms with E-state index in [0.717, 1.165) is 5.17 Å². The molecule has 0 aliphatic heterocycles. The van der Waals surface area contributed by atoms with E-state index in [1.807, 2.05) is 12.4 Å². The van der Waals surface area contributed by atoms with Crippen molar-refractivity contribution in [3.8, 4) is 6.19 Å². The molecule has 4 heteroatoms. The Morgan fingerprint density at radius 1 is 1.33 bits per heavy atom. The molecule has 1 rings (SSSR count). The van der Waals surface area contributed by atoms with Crippen molar-refractivity contribution in [3.05, 3.63) is 0 Å². The smallest absolute Gasteiger partial charge is 0.208 e. The Labute approximate surface area is 96.6 Å². The maximum atomic E-state index is 8.59. The summed E-state index contributed by atoms with van der Waals surface area (Å²) in [6.07, 6.45) is 11.7. The van der Waals surface area contributed by atoms with Crippen LogP contribution in [0.5, 0.6) is 0 Å². The van der Waals surface area contributed by atoms with E-state index in [9.17, 15) is 0 Å². The molecule has 0 N–H and O–H groups in total. The van der Waals surface area contributed by atoms with Crippen molar-refractivity contribution in [1.29, 1.82) is 5.26 Å². The number of hydrogen-bond acceptors (Lipinski definition) is 3. The summed E-state index contributed by atoms with van der Waals surface area (Å²) in [5.74, 6) is 0. The highest BCUT2D eigenvalue weighted by atomic mass is 32.2. The lowest BCUT2D eigenvalue weighted by atomic mass is 10.1. The zero-order chi connectivity index (χ0) is 11.1. The Bertz CT molecular complexity index is 249. The van der Waals surface area contributed by atoms with Crippen LogP contribution in [0.4, 0.5) is 0 Å². The van der Waals surface area contributed by atoms with Crippen molar-refractivity contribution < 1.29 is 0 Å². The minimum Gasteiger partial charge on any atom is -0.351 e. The van der Waals surface area contributed by atoms with Gasteiger partial charge >= 0.3 is 0 Å². The summed E-state index contributed by atoms with van der Waals surface area (Å²) in [6, 6.07) is 0.576. The summed E-state index contributed by atoms with van der Waals surface area (Å²) in [5.41, 5.74) is 0. The van der Waals surface area contributed by atoms with Crippen LogP contribution in [0.15, 0.2) is 4.99 Å². The second-order valence-corrected chi connectivity index (χ2v) is 4.73. The summed E-state index contributed by atoms with van der Waals surface area (Å²) in [6.45, 7) is 0. The molecule has 3 nitrogen and oxygen atoms in total. The van der Waals surface area contributed by atoms with Gasteiger partial charge in [0, 0.05) is 13.1 Å². The van der Waals surface area contributed by atoms with E-state index in [-0.39, 0.29) is 0 Å². The van der Waals surface area contributed by atoms with Crippen molar-refractivity contribution in [2.24, 2.45) is 4.99 Å². The van der Waals surface area contributed by atoms with Crippen LogP contribution in [0, 0.1) is 11.5 Å². The van der Waals surface area contributed by atoms with Gasteiger partial charge < -0.3 is 4.90 Å². The van der Waals surface area contributed by atoms with E-state index in [1.54, 1.807) is 11.8 Å². The summed E-state index contributed by atoms with van der Waals surface area (Å²) in [5, 5.41) is 9.44. The molecule has 1 aliphatic rings. The number of amidine groups is 1. The Balaban J connectivity index is 2.60. The fraction of sp³-hybridized carbons (Fsp3) is 0.818. The van der Waals surface area contributed by atoms with Gasteiger partial charge in [-0.2, -0.15) is 5.26 Å². The molecule has 0 heterocycles. The Kier molecular flexibility index (Phi) is 5.56. The van der Waals surface area contributed by atoms with Crippen molar-refractivity contribution in [2.45, 2.75) is 44.6 Å². The third-order valence-corrected chi connectivity index (χ3v) is 3.75. The highest BCUT2D eigenvalue weighted by Gasteiger charge is 2.19. The van der Waals surface area contributed by atoms with Crippen LogP contribution in [0.2, 0.25) is 0 Å². The first-order valence-corrected chi connectivity index (χ1v) is 6.75. The predicted molar refractivity (Wildman–Crippen MR) is 65.8 cm³/mol. The van der Waals surface area contributed by atoms with Gasteiger partial charge in [0.25, 0.3) is 0 Å². The number of nitriles is 1. The first-order valence-electron chi connectivity index (χ1n) is 5.53. The topological polar surface area (TPSA) is 39.4 Å². The standard InChI is InChI=1S/C11H19N3S/c1-14(11(15-2)13-9-12)10-7-5-3-4-6-8-10/h10H,3-8H2,1-2H3. The van der Waals surface area contributed by atoms with E-state index in [2.05, 4.69) is 16.9 Å². The van der Waals surface area contributed by atoms with E-state index in [1.165, 1.54) is 38.5 Å². The normalized spacial score (nSPS) is 19.4. The molecule has 1 saturated carbocycles. The molecule has 0 aromatic heterocycles. The van der Waals surface area contributed by atoms with Gasteiger partial charge in [-0.05, 0) is 19.1 Å². The van der Waals surface area contributed by atoms with E-state index in [0.29, 0.717) is 6.04 Å². The van der Waals surface area contributed by atoms with Crippen LogP contribution in [0.3, 0.4) is 0 Å². The molecule has 0 radical (unpaired) electrons. The monoisotopic (exact) mass is 225 g/mol. The minimum absolute atomic E-state index is 0.576. The van der Waals surface area contributed by atoms with Crippen LogP contribution in [-0.2, 0) is 0 Å². The number of rotatable bonds is 1. The van der Waals surface area contributed by atoms with Gasteiger partial charge in [0.1, 0.15) is 0 Å². The zero-order valence-corrected chi connectivity index (χ0v) is 10.4. The van der Waals surface area contributed by atoms with Crippen molar-refractivity contribution in [2.75, 3.05) is 13.3 Å². The van der Waals surface area contributed by atoms with Gasteiger partial charge in [0.15, 0.2) is 5.17 Å². The number of nitrogens with zero attached hydrogens (tertiary/aromatic N) is 3. The molecule has 0 amide bonds. The Morgan fingerprint density at radius 2 is 1.93 bits per heavy atom. The molecule has 0 unspecified atom stereocenters. The lowest BCUT2D eigenvalue weighted by Gasteiger charge is -2.28. The van der Waals surface area contributed by atoms with Gasteiger partial charge in [0.2, 0.25) is 6.19 Å². The van der Waals surface area contributed by atoms with Crippen molar-refractivity contribution >= 4 is 16.9 Å². The van der Waals surface area contributed by atoms with Gasteiger partial charge in [-0.3, -0.25) is 0 Å². The van der Waals surface area contributed by atoms with Gasteiger partial charge in [0.05, 0.1) is 0 Å². The number of thioether (sulfide) groups is 1. The maximum Gasteiger partial charge on any atom is 0.208 e.